The van der Waals surface area contributed by atoms with E-state index in [1.165, 1.54) is 49.0 Å². The molecule has 0 spiro atoms. The first-order valence-corrected chi connectivity index (χ1v) is 7.72. The summed E-state index contributed by atoms with van der Waals surface area (Å²) < 4.78 is 0. The van der Waals surface area contributed by atoms with Crippen LogP contribution in [0.3, 0.4) is 0 Å². The van der Waals surface area contributed by atoms with Crippen LogP contribution in [-0.4, -0.2) is 11.8 Å². The van der Waals surface area contributed by atoms with E-state index < -0.39 is 0 Å². The number of hydrogen-bond acceptors (Lipinski definition) is 2. The summed E-state index contributed by atoms with van der Waals surface area (Å²) in [4.78, 5) is 1.44. The molecule has 1 fully saturated rings. The van der Waals surface area contributed by atoms with Crippen LogP contribution in [0.25, 0.3) is 0 Å². The average molecular weight is 249 g/mol. The fraction of sp³-hybridized carbons (Fsp3) is 0.600. The van der Waals surface area contributed by atoms with Crippen molar-refractivity contribution in [3.63, 3.8) is 0 Å². The molecule has 2 rings (SSSR count). The van der Waals surface area contributed by atoms with Gasteiger partial charge >= 0.3 is 0 Å². The fourth-order valence-corrected chi connectivity index (χ4v) is 3.65. The Balaban J connectivity index is 1.80. The van der Waals surface area contributed by atoms with Gasteiger partial charge in [-0.25, -0.2) is 0 Å². The number of benzene rings is 1. The van der Waals surface area contributed by atoms with E-state index in [2.05, 4.69) is 36.0 Å². The summed E-state index contributed by atoms with van der Waals surface area (Å²) in [5.74, 6) is 0. The first kappa shape index (κ1) is 13.0. The molecule has 0 aliphatic heterocycles. The maximum absolute atomic E-state index is 5.50. The lowest BCUT2D eigenvalue weighted by Gasteiger charge is -2.09. The molecule has 0 heterocycles. The lowest BCUT2D eigenvalue weighted by Crippen LogP contribution is -1.99. The van der Waals surface area contributed by atoms with E-state index in [4.69, 9.17) is 5.73 Å². The largest absolute Gasteiger partial charge is 0.330 e. The third kappa shape index (κ3) is 4.36. The van der Waals surface area contributed by atoms with Crippen LogP contribution in [0.5, 0.6) is 0 Å². The van der Waals surface area contributed by atoms with Gasteiger partial charge in [0, 0.05) is 10.1 Å². The second kappa shape index (κ2) is 7.07. The Kier molecular flexibility index (Phi) is 5.40. The minimum atomic E-state index is 0.815. The van der Waals surface area contributed by atoms with Crippen molar-refractivity contribution in [2.75, 3.05) is 6.54 Å². The lowest BCUT2D eigenvalue weighted by atomic mass is 10.1. The Hall–Kier alpha value is -0.470. The zero-order valence-corrected chi connectivity index (χ0v) is 11.3. The predicted molar refractivity (Wildman–Crippen MR) is 76.5 cm³/mol. The van der Waals surface area contributed by atoms with Crippen molar-refractivity contribution in [3.8, 4) is 0 Å². The van der Waals surface area contributed by atoms with Crippen LogP contribution in [-0.2, 0) is 6.42 Å². The van der Waals surface area contributed by atoms with E-state index in [0.29, 0.717) is 0 Å². The summed E-state index contributed by atoms with van der Waals surface area (Å²) in [6.07, 6.45) is 9.19. The van der Waals surface area contributed by atoms with E-state index in [1.54, 1.807) is 0 Å². The number of unbranched alkanes of at least 4 members (excludes halogenated alkanes) is 1. The van der Waals surface area contributed by atoms with Crippen LogP contribution in [0.2, 0.25) is 0 Å². The van der Waals surface area contributed by atoms with Gasteiger partial charge in [-0.2, -0.15) is 0 Å². The SMILES string of the molecule is NCCCCc1ccc(SC2CCCC2)cc1. The van der Waals surface area contributed by atoms with Crippen LogP contribution in [0.1, 0.15) is 44.1 Å². The Morgan fingerprint density at radius 3 is 2.41 bits per heavy atom. The molecule has 1 aromatic rings. The standard InChI is InChI=1S/C15H23NS/c16-12-4-3-5-13-8-10-15(11-9-13)17-14-6-1-2-7-14/h8-11,14H,1-7,12,16H2. The third-order valence-corrected chi connectivity index (χ3v) is 4.80. The van der Waals surface area contributed by atoms with Crippen molar-refractivity contribution in [1.29, 1.82) is 0 Å². The molecule has 94 valence electrons. The monoisotopic (exact) mass is 249 g/mol. The van der Waals surface area contributed by atoms with Gasteiger partial charge in [0.2, 0.25) is 0 Å². The molecule has 2 heteroatoms. The quantitative estimate of drug-likeness (QED) is 0.771. The van der Waals surface area contributed by atoms with Gasteiger partial charge in [0.1, 0.15) is 0 Å². The Bertz CT molecular complexity index is 314. The third-order valence-electron chi connectivity index (χ3n) is 3.45. The van der Waals surface area contributed by atoms with Crippen molar-refractivity contribution < 1.29 is 0 Å². The van der Waals surface area contributed by atoms with Gasteiger partial charge in [0.05, 0.1) is 0 Å². The van der Waals surface area contributed by atoms with E-state index in [1.807, 2.05) is 0 Å². The number of rotatable bonds is 6. The first-order chi connectivity index (χ1) is 8.38. The minimum absolute atomic E-state index is 0.815. The van der Waals surface area contributed by atoms with Gasteiger partial charge in [-0.05, 0) is 56.3 Å². The number of nitrogens with two attached hydrogens (primary N) is 1. The van der Waals surface area contributed by atoms with Crippen LogP contribution in [0.15, 0.2) is 29.2 Å². The number of thioether (sulfide) groups is 1. The highest BCUT2D eigenvalue weighted by Gasteiger charge is 2.15. The van der Waals surface area contributed by atoms with Gasteiger partial charge in [-0.15, -0.1) is 11.8 Å². The maximum Gasteiger partial charge on any atom is 0.00944 e. The second-order valence-corrected chi connectivity index (χ2v) is 6.29. The molecule has 0 atom stereocenters. The molecule has 0 aromatic heterocycles. The molecule has 2 N–H and O–H groups in total. The van der Waals surface area contributed by atoms with Gasteiger partial charge in [-0.3, -0.25) is 0 Å². The van der Waals surface area contributed by atoms with Crippen molar-refractivity contribution in [2.45, 2.75) is 55.1 Å². The van der Waals surface area contributed by atoms with Gasteiger partial charge in [0.15, 0.2) is 0 Å². The summed E-state index contributed by atoms with van der Waals surface area (Å²) in [5.41, 5.74) is 6.96. The molecule has 1 aliphatic rings. The summed E-state index contributed by atoms with van der Waals surface area (Å²) >= 11 is 2.07. The van der Waals surface area contributed by atoms with Crippen LogP contribution < -0.4 is 5.73 Å². The molecule has 17 heavy (non-hydrogen) atoms. The molecule has 0 amide bonds. The molecule has 1 aromatic carbocycles. The van der Waals surface area contributed by atoms with Crippen LogP contribution in [0, 0.1) is 0 Å². The highest BCUT2D eigenvalue weighted by molar-refractivity contribution is 8.00. The molecular formula is C15H23NS. The zero-order valence-electron chi connectivity index (χ0n) is 10.5. The molecule has 0 radical (unpaired) electrons. The van der Waals surface area contributed by atoms with Gasteiger partial charge < -0.3 is 5.73 Å². The normalized spacial score (nSPS) is 16.5. The van der Waals surface area contributed by atoms with Gasteiger partial charge in [0.25, 0.3) is 0 Å². The van der Waals surface area contributed by atoms with Crippen molar-refractivity contribution in [3.05, 3.63) is 29.8 Å². The van der Waals surface area contributed by atoms with Crippen LogP contribution in [0.4, 0.5) is 0 Å². The maximum atomic E-state index is 5.50. The predicted octanol–water partition coefficient (Wildman–Crippen LogP) is 4.00. The number of hydrogen-bond donors (Lipinski definition) is 1. The summed E-state index contributed by atoms with van der Waals surface area (Å²) in [6.45, 7) is 0.815. The van der Waals surface area contributed by atoms with Crippen molar-refractivity contribution in [1.82, 2.24) is 0 Å². The topological polar surface area (TPSA) is 26.0 Å². The minimum Gasteiger partial charge on any atom is -0.330 e. The molecule has 1 nitrogen and oxygen atoms in total. The Morgan fingerprint density at radius 1 is 1.06 bits per heavy atom. The number of aryl methyl sites for hydroxylation is 1. The van der Waals surface area contributed by atoms with E-state index >= 15 is 0 Å². The van der Waals surface area contributed by atoms with E-state index in [-0.39, 0.29) is 0 Å². The molecule has 0 bridgehead atoms. The van der Waals surface area contributed by atoms with Crippen LogP contribution >= 0.6 is 11.8 Å². The summed E-state index contributed by atoms with van der Waals surface area (Å²) in [6, 6.07) is 9.16. The Morgan fingerprint density at radius 2 is 1.76 bits per heavy atom. The van der Waals surface area contributed by atoms with E-state index in [0.717, 1.165) is 18.2 Å². The molecular weight excluding hydrogens is 226 g/mol. The summed E-state index contributed by atoms with van der Waals surface area (Å²) in [7, 11) is 0. The zero-order chi connectivity index (χ0) is 11.9. The molecule has 0 saturated heterocycles. The summed E-state index contributed by atoms with van der Waals surface area (Å²) in [5, 5.41) is 0.873. The highest BCUT2D eigenvalue weighted by Crippen LogP contribution is 2.34. The lowest BCUT2D eigenvalue weighted by molar-refractivity contribution is 0.744. The van der Waals surface area contributed by atoms with Gasteiger partial charge in [-0.1, -0.05) is 25.0 Å². The second-order valence-electron chi connectivity index (χ2n) is 4.91. The van der Waals surface area contributed by atoms with Crippen molar-refractivity contribution >= 4 is 11.8 Å². The molecule has 1 saturated carbocycles. The molecule has 0 unspecified atom stereocenters. The first-order valence-electron chi connectivity index (χ1n) is 6.84. The van der Waals surface area contributed by atoms with Crippen molar-refractivity contribution in [2.24, 2.45) is 5.73 Å². The molecule has 1 aliphatic carbocycles. The fourth-order valence-electron chi connectivity index (χ4n) is 2.41. The highest BCUT2D eigenvalue weighted by atomic mass is 32.2. The smallest absolute Gasteiger partial charge is 0.00944 e. The average Bonchev–Trinajstić information content (AvgIpc) is 2.85. The van der Waals surface area contributed by atoms with E-state index in [9.17, 15) is 0 Å². The Labute approximate surface area is 109 Å².